The molecule has 0 aliphatic rings. The Morgan fingerprint density at radius 2 is 1.85 bits per heavy atom. The molecule has 0 aliphatic heterocycles. The molecule has 1 unspecified atom stereocenters. The van der Waals surface area contributed by atoms with Crippen LogP contribution in [-0.4, -0.2) is 18.5 Å². The summed E-state index contributed by atoms with van der Waals surface area (Å²) in [4.78, 5) is 2.28. The van der Waals surface area contributed by atoms with E-state index in [2.05, 4.69) is 43.1 Å². The van der Waals surface area contributed by atoms with Crippen molar-refractivity contribution in [3.05, 3.63) is 59.0 Å². The lowest BCUT2D eigenvalue weighted by Gasteiger charge is -2.19. The average Bonchev–Trinajstić information content (AvgIpc) is 2.82. The van der Waals surface area contributed by atoms with Crippen LogP contribution in [0, 0.1) is 13.8 Å². The van der Waals surface area contributed by atoms with Gasteiger partial charge >= 0.3 is 0 Å². The van der Waals surface area contributed by atoms with E-state index in [1.54, 1.807) is 6.26 Å². The van der Waals surface area contributed by atoms with Crippen LogP contribution >= 0.6 is 0 Å². The summed E-state index contributed by atoms with van der Waals surface area (Å²) >= 11 is 0. The van der Waals surface area contributed by atoms with E-state index in [0.717, 1.165) is 25.3 Å². The fourth-order valence-corrected chi connectivity index (χ4v) is 2.28. The van der Waals surface area contributed by atoms with Crippen molar-refractivity contribution in [2.24, 2.45) is 5.73 Å². The number of benzene rings is 1. The summed E-state index contributed by atoms with van der Waals surface area (Å²) in [5.74, 6) is 1.000. The summed E-state index contributed by atoms with van der Waals surface area (Å²) in [6.45, 7) is 5.97. The topological polar surface area (TPSA) is 42.4 Å². The van der Waals surface area contributed by atoms with E-state index in [9.17, 15) is 0 Å². The highest BCUT2D eigenvalue weighted by Crippen LogP contribution is 2.16. The zero-order chi connectivity index (χ0) is 14.5. The lowest BCUT2D eigenvalue weighted by atomic mass is 10.0. The minimum atomic E-state index is 0.100. The molecule has 20 heavy (non-hydrogen) atoms. The van der Waals surface area contributed by atoms with E-state index < -0.39 is 0 Å². The molecule has 1 heterocycles. The van der Waals surface area contributed by atoms with Crippen LogP contribution in [0.5, 0.6) is 0 Å². The predicted molar refractivity (Wildman–Crippen MR) is 82.5 cm³/mol. The number of furan rings is 1. The van der Waals surface area contributed by atoms with Crippen molar-refractivity contribution >= 4 is 0 Å². The van der Waals surface area contributed by atoms with E-state index >= 15 is 0 Å². The Hall–Kier alpha value is -1.58. The van der Waals surface area contributed by atoms with Crippen molar-refractivity contribution in [1.29, 1.82) is 0 Å². The molecule has 3 heteroatoms. The summed E-state index contributed by atoms with van der Waals surface area (Å²) in [5.41, 5.74) is 9.98. The molecule has 108 valence electrons. The molecule has 0 aliphatic carbocycles. The van der Waals surface area contributed by atoms with Crippen LogP contribution in [0.2, 0.25) is 0 Å². The first-order valence-electron chi connectivity index (χ1n) is 7.10. The summed E-state index contributed by atoms with van der Waals surface area (Å²) in [7, 11) is 2.12. The second kappa shape index (κ2) is 6.73. The molecular formula is C17H24N2O. The molecular weight excluding hydrogens is 248 g/mol. The maximum atomic E-state index is 6.25. The van der Waals surface area contributed by atoms with Gasteiger partial charge in [-0.25, -0.2) is 0 Å². The lowest BCUT2D eigenvalue weighted by molar-refractivity contribution is 0.309. The van der Waals surface area contributed by atoms with Gasteiger partial charge < -0.3 is 15.1 Å². The van der Waals surface area contributed by atoms with Gasteiger partial charge in [-0.15, -0.1) is 0 Å². The number of nitrogens with two attached hydrogens (primary N) is 1. The van der Waals surface area contributed by atoms with Crippen LogP contribution in [0.3, 0.4) is 0 Å². The van der Waals surface area contributed by atoms with Crippen LogP contribution in [0.25, 0.3) is 0 Å². The minimum absolute atomic E-state index is 0.100. The third-order valence-electron chi connectivity index (χ3n) is 3.73. The maximum absolute atomic E-state index is 6.25. The second-order valence-electron chi connectivity index (χ2n) is 5.55. The standard InChI is InChI=1S/C17H24N2O/c1-13-4-6-15(7-5-13)17(18)8-10-19(3)12-16-9-11-20-14(16)2/h4-7,9,11,17H,8,10,12,18H2,1-3H3. The fourth-order valence-electron chi connectivity index (χ4n) is 2.28. The van der Waals surface area contributed by atoms with Gasteiger partial charge in [-0.3, -0.25) is 0 Å². The normalized spacial score (nSPS) is 12.8. The summed E-state index contributed by atoms with van der Waals surface area (Å²) in [6.07, 6.45) is 2.70. The van der Waals surface area contributed by atoms with Gasteiger partial charge in [-0.05, 0) is 45.5 Å². The van der Waals surface area contributed by atoms with Gasteiger partial charge in [0.15, 0.2) is 0 Å². The summed E-state index contributed by atoms with van der Waals surface area (Å²) in [6, 6.07) is 10.6. The molecule has 0 saturated carbocycles. The lowest BCUT2D eigenvalue weighted by Crippen LogP contribution is -2.23. The highest BCUT2D eigenvalue weighted by Gasteiger charge is 2.09. The highest BCUT2D eigenvalue weighted by molar-refractivity contribution is 5.23. The zero-order valence-corrected chi connectivity index (χ0v) is 12.6. The molecule has 0 saturated heterocycles. The van der Waals surface area contributed by atoms with Crippen molar-refractivity contribution in [3.63, 3.8) is 0 Å². The second-order valence-corrected chi connectivity index (χ2v) is 5.55. The van der Waals surface area contributed by atoms with Crippen LogP contribution in [0.4, 0.5) is 0 Å². The van der Waals surface area contributed by atoms with Gasteiger partial charge in [0.2, 0.25) is 0 Å². The average molecular weight is 272 g/mol. The van der Waals surface area contributed by atoms with Gasteiger partial charge in [0.1, 0.15) is 5.76 Å². The molecule has 3 nitrogen and oxygen atoms in total. The Bertz CT molecular complexity index is 530. The van der Waals surface area contributed by atoms with Crippen LogP contribution in [0.1, 0.15) is 34.9 Å². The number of nitrogens with zero attached hydrogens (tertiary/aromatic N) is 1. The smallest absolute Gasteiger partial charge is 0.105 e. The van der Waals surface area contributed by atoms with Gasteiger partial charge in [0.25, 0.3) is 0 Å². The van der Waals surface area contributed by atoms with Crippen LogP contribution in [0.15, 0.2) is 41.0 Å². The molecule has 0 amide bonds. The molecule has 0 radical (unpaired) electrons. The van der Waals surface area contributed by atoms with Gasteiger partial charge in [-0.1, -0.05) is 29.8 Å². The van der Waals surface area contributed by atoms with Crippen molar-refractivity contribution in [3.8, 4) is 0 Å². The molecule has 0 bridgehead atoms. The molecule has 0 spiro atoms. The van der Waals surface area contributed by atoms with Crippen molar-refractivity contribution in [1.82, 2.24) is 4.90 Å². The van der Waals surface area contributed by atoms with Crippen LogP contribution in [-0.2, 0) is 6.54 Å². The maximum Gasteiger partial charge on any atom is 0.105 e. The molecule has 2 rings (SSSR count). The van der Waals surface area contributed by atoms with Crippen LogP contribution < -0.4 is 5.73 Å². The highest BCUT2D eigenvalue weighted by atomic mass is 16.3. The Balaban J connectivity index is 1.82. The number of hydrogen-bond donors (Lipinski definition) is 1. The van der Waals surface area contributed by atoms with E-state index in [-0.39, 0.29) is 6.04 Å². The zero-order valence-electron chi connectivity index (χ0n) is 12.6. The molecule has 1 aromatic carbocycles. The summed E-state index contributed by atoms with van der Waals surface area (Å²) < 4.78 is 5.32. The first kappa shape index (κ1) is 14.8. The van der Waals surface area contributed by atoms with Crippen molar-refractivity contribution < 1.29 is 4.42 Å². The van der Waals surface area contributed by atoms with Crippen molar-refractivity contribution in [2.45, 2.75) is 32.9 Å². The fraction of sp³-hybridized carbons (Fsp3) is 0.412. The SMILES string of the molecule is Cc1ccc(C(N)CCN(C)Cc2ccoc2C)cc1. The van der Waals surface area contributed by atoms with Gasteiger partial charge in [-0.2, -0.15) is 0 Å². The third-order valence-corrected chi connectivity index (χ3v) is 3.73. The molecule has 2 N–H and O–H groups in total. The third kappa shape index (κ3) is 3.95. The van der Waals surface area contributed by atoms with E-state index in [1.165, 1.54) is 16.7 Å². The Morgan fingerprint density at radius 3 is 2.45 bits per heavy atom. The Labute approximate surface area is 121 Å². The van der Waals surface area contributed by atoms with E-state index in [1.807, 2.05) is 13.0 Å². The number of hydrogen-bond acceptors (Lipinski definition) is 3. The predicted octanol–water partition coefficient (Wildman–Crippen LogP) is 3.42. The Morgan fingerprint density at radius 1 is 1.15 bits per heavy atom. The molecule has 0 fully saturated rings. The summed E-state index contributed by atoms with van der Waals surface area (Å²) in [5, 5.41) is 0. The van der Waals surface area contributed by atoms with E-state index in [0.29, 0.717) is 0 Å². The number of rotatable bonds is 6. The first-order valence-corrected chi connectivity index (χ1v) is 7.10. The Kier molecular flexibility index (Phi) is 4.99. The quantitative estimate of drug-likeness (QED) is 0.876. The largest absolute Gasteiger partial charge is 0.469 e. The van der Waals surface area contributed by atoms with Gasteiger partial charge in [0, 0.05) is 18.2 Å². The first-order chi connectivity index (χ1) is 9.56. The van der Waals surface area contributed by atoms with Gasteiger partial charge in [0.05, 0.1) is 6.26 Å². The van der Waals surface area contributed by atoms with Crippen molar-refractivity contribution in [2.75, 3.05) is 13.6 Å². The monoisotopic (exact) mass is 272 g/mol. The molecule has 1 atom stereocenters. The minimum Gasteiger partial charge on any atom is -0.469 e. The van der Waals surface area contributed by atoms with E-state index in [4.69, 9.17) is 10.2 Å². The molecule has 2 aromatic rings. The molecule has 1 aromatic heterocycles. The number of aryl methyl sites for hydroxylation is 2.